The average Bonchev–Trinajstić information content (AvgIpc) is 2.63. The van der Waals surface area contributed by atoms with Gasteiger partial charge in [0.1, 0.15) is 0 Å². The first kappa shape index (κ1) is 12.4. The van der Waals surface area contributed by atoms with Crippen LogP contribution in [0.3, 0.4) is 0 Å². The van der Waals surface area contributed by atoms with Crippen LogP contribution in [-0.4, -0.2) is 10.1 Å². The maximum absolute atomic E-state index is 12.8. The minimum absolute atomic E-state index is 0.184. The Hall–Kier alpha value is -1.08. The molecule has 0 unspecified atom stereocenters. The van der Waals surface area contributed by atoms with Crippen LogP contribution in [0, 0.1) is 0 Å². The van der Waals surface area contributed by atoms with E-state index >= 15 is 0 Å². The second kappa shape index (κ2) is 4.30. The van der Waals surface area contributed by atoms with E-state index in [0.717, 1.165) is 6.07 Å². The summed E-state index contributed by atoms with van der Waals surface area (Å²) < 4.78 is 43.1. The maximum Gasteiger partial charge on any atom is 0.417 e. The first-order chi connectivity index (χ1) is 7.88. The molecular formula is C9H3BrClF3N2O. The van der Waals surface area contributed by atoms with Crippen LogP contribution in [0.5, 0.6) is 0 Å². The van der Waals surface area contributed by atoms with Crippen LogP contribution in [0.2, 0.25) is 5.35 Å². The summed E-state index contributed by atoms with van der Waals surface area (Å²) in [4.78, 5) is 3.56. The van der Waals surface area contributed by atoms with E-state index in [4.69, 9.17) is 11.6 Å². The molecule has 0 saturated heterocycles. The zero-order valence-electron chi connectivity index (χ0n) is 7.92. The second-order valence-corrected chi connectivity index (χ2v) is 4.30. The Labute approximate surface area is 107 Å². The number of hydrogen-bond acceptors (Lipinski definition) is 3. The lowest BCUT2D eigenvalue weighted by atomic mass is 10.1. The highest BCUT2D eigenvalue weighted by Crippen LogP contribution is 2.37. The molecule has 0 bridgehead atoms. The van der Waals surface area contributed by atoms with Gasteiger partial charge in [-0.25, -0.2) is 0 Å². The van der Waals surface area contributed by atoms with E-state index in [-0.39, 0.29) is 16.7 Å². The van der Waals surface area contributed by atoms with E-state index in [9.17, 15) is 13.2 Å². The molecule has 17 heavy (non-hydrogen) atoms. The Bertz CT molecular complexity index is 555. The predicted molar refractivity (Wildman–Crippen MR) is 57.4 cm³/mol. The van der Waals surface area contributed by atoms with E-state index in [1.165, 1.54) is 12.1 Å². The van der Waals surface area contributed by atoms with E-state index in [1.54, 1.807) is 0 Å². The van der Waals surface area contributed by atoms with Crippen LogP contribution < -0.4 is 0 Å². The van der Waals surface area contributed by atoms with Gasteiger partial charge in [-0.05, 0) is 29.8 Å². The largest absolute Gasteiger partial charge is 0.417 e. The van der Waals surface area contributed by atoms with Crippen LogP contribution in [0.15, 0.2) is 27.2 Å². The lowest BCUT2D eigenvalue weighted by Crippen LogP contribution is -2.07. The molecule has 1 aromatic carbocycles. The Balaban J connectivity index is 2.61. The molecule has 0 N–H and O–H groups in total. The molecule has 90 valence electrons. The molecule has 0 fully saturated rings. The molecule has 0 aliphatic carbocycles. The molecule has 1 aromatic heterocycles. The minimum atomic E-state index is -4.51. The molecule has 0 radical (unpaired) electrons. The van der Waals surface area contributed by atoms with Gasteiger partial charge in [0.05, 0.1) is 5.56 Å². The van der Waals surface area contributed by atoms with Crippen molar-refractivity contribution < 1.29 is 17.7 Å². The maximum atomic E-state index is 12.8. The first-order valence-corrected chi connectivity index (χ1v) is 5.41. The molecule has 0 amide bonds. The number of halogens is 5. The van der Waals surface area contributed by atoms with E-state index in [2.05, 4.69) is 30.6 Å². The topological polar surface area (TPSA) is 38.9 Å². The standard InChI is InChI=1S/C9H3BrClF3N2O/c10-4-1-2-5(6(3-4)9(12,13)14)7-15-8(11)17-16-7/h1-3H. The molecule has 2 rings (SSSR count). The van der Waals surface area contributed by atoms with Crippen molar-refractivity contribution in [3.05, 3.63) is 33.6 Å². The van der Waals surface area contributed by atoms with Gasteiger partial charge in [0.15, 0.2) is 0 Å². The second-order valence-electron chi connectivity index (χ2n) is 3.06. The summed E-state index contributed by atoms with van der Waals surface area (Å²) in [5, 5.41) is 3.05. The van der Waals surface area contributed by atoms with Gasteiger partial charge in [-0.15, -0.1) is 0 Å². The quantitative estimate of drug-likeness (QED) is 0.789. The van der Waals surface area contributed by atoms with Gasteiger partial charge < -0.3 is 4.52 Å². The summed E-state index contributed by atoms with van der Waals surface area (Å²) >= 11 is 8.35. The molecule has 0 saturated carbocycles. The molecule has 2 aromatic rings. The zero-order chi connectivity index (χ0) is 12.6. The minimum Gasteiger partial charge on any atom is -0.321 e. The third-order valence-corrected chi connectivity index (χ3v) is 2.58. The SMILES string of the molecule is FC(F)(F)c1cc(Br)ccc1-c1noc(Cl)n1. The third-order valence-electron chi connectivity index (χ3n) is 1.93. The van der Waals surface area contributed by atoms with Crippen molar-refractivity contribution in [3.63, 3.8) is 0 Å². The van der Waals surface area contributed by atoms with Crippen LogP contribution in [0.4, 0.5) is 13.2 Å². The number of nitrogens with zero attached hydrogens (tertiary/aromatic N) is 2. The van der Waals surface area contributed by atoms with Gasteiger partial charge in [-0.3, -0.25) is 0 Å². The number of rotatable bonds is 1. The van der Waals surface area contributed by atoms with E-state index in [1.807, 2.05) is 0 Å². The molecule has 0 spiro atoms. The van der Waals surface area contributed by atoms with Crippen LogP contribution >= 0.6 is 27.5 Å². The van der Waals surface area contributed by atoms with Crippen molar-refractivity contribution in [2.45, 2.75) is 6.18 Å². The van der Waals surface area contributed by atoms with Crippen molar-refractivity contribution in [2.24, 2.45) is 0 Å². The zero-order valence-corrected chi connectivity index (χ0v) is 10.3. The molecule has 0 aliphatic heterocycles. The van der Waals surface area contributed by atoms with Crippen LogP contribution in [0.25, 0.3) is 11.4 Å². The fourth-order valence-corrected chi connectivity index (χ4v) is 1.74. The lowest BCUT2D eigenvalue weighted by Gasteiger charge is -2.10. The monoisotopic (exact) mass is 326 g/mol. The van der Waals surface area contributed by atoms with E-state index < -0.39 is 11.7 Å². The molecule has 3 nitrogen and oxygen atoms in total. The Kier molecular flexibility index (Phi) is 3.13. The third kappa shape index (κ3) is 2.61. The summed E-state index contributed by atoms with van der Waals surface area (Å²) in [7, 11) is 0. The van der Waals surface area contributed by atoms with Gasteiger partial charge >= 0.3 is 11.5 Å². The fourth-order valence-electron chi connectivity index (χ4n) is 1.26. The Morgan fingerprint density at radius 3 is 2.53 bits per heavy atom. The highest BCUT2D eigenvalue weighted by Gasteiger charge is 2.35. The number of aromatic nitrogens is 2. The Morgan fingerprint density at radius 1 is 1.29 bits per heavy atom. The van der Waals surface area contributed by atoms with Gasteiger partial charge in [0.25, 0.3) is 0 Å². The average molecular weight is 327 g/mol. The normalized spacial score (nSPS) is 11.8. The lowest BCUT2D eigenvalue weighted by molar-refractivity contribution is -0.137. The van der Waals surface area contributed by atoms with Gasteiger partial charge in [-0.2, -0.15) is 18.2 Å². The van der Waals surface area contributed by atoms with Crippen molar-refractivity contribution in [2.75, 3.05) is 0 Å². The molecule has 0 aliphatic rings. The predicted octanol–water partition coefficient (Wildman–Crippen LogP) is 4.17. The van der Waals surface area contributed by atoms with Crippen molar-refractivity contribution in [1.29, 1.82) is 0 Å². The van der Waals surface area contributed by atoms with Gasteiger partial charge in [0, 0.05) is 10.0 Å². The first-order valence-electron chi connectivity index (χ1n) is 4.24. The van der Waals surface area contributed by atoms with Crippen LogP contribution in [0.1, 0.15) is 5.56 Å². The van der Waals surface area contributed by atoms with Crippen LogP contribution in [-0.2, 0) is 6.18 Å². The highest BCUT2D eigenvalue weighted by molar-refractivity contribution is 9.10. The molecule has 8 heteroatoms. The van der Waals surface area contributed by atoms with Crippen molar-refractivity contribution in [1.82, 2.24) is 10.1 Å². The smallest absolute Gasteiger partial charge is 0.321 e. The highest BCUT2D eigenvalue weighted by atomic mass is 79.9. The molecular weight excluding hydrogens is 324 g/mol. The van der Waals surface area contributed by atoms with E-state index in [0.29, 0.717) is 4.47 Å². The summed E-state index contributed by atoms with van der Waals surface area (Å²) in [5.74, 6) is -0.199. The number of alkyl halides is 3. The summed E-state index contributed by atoms with van der Waals surface area (Å²) in [5.41, 5.74) is -1.04. The molecule has 0 atom stereocenters. The van der Waals surface area contributed by atoms with Gasteiger partial charge in [0.2, 0.25) is 5.82 Å². The molecule has 1 heterocycles. The summed E-state index contributed by atoms with van der Waals surface area (Å²) in [6.45, 7) is 0. The number of hydrogen-bond donors (Lipinski definition) is 0. The van der Waals surface area contributed by atoms with Gasteiger partial charge in [-0.1, -0.05) is 21.1 Å². The fraction of sp³-hybridized carbons (Fsp3) is 0.111. The van der Waals surface area contributed by atoms with Crippen molar-refractivity contribution >= 4 is 27.5 Å². The summed E-state index contributed by atoms with van der Waals surface area (Å²) in [6, 6.07) is 3.64. The summed E-state index contributed by atoms with van der Waals surface area (Å²) in [6.07, 6.45) is -4.51. The number of benzene rings is 1. The Morgan fingerprint density at radius 2 is 2.00 bits per heavy atom. The van der Waals surface area contributed by atoms with Crippen molar-refractivity contribution in [3.8, 4) is 11.4 Å².